The molecule has 0 atom stereocenters. The summed E-state index contributed by atoms with van der Waals surface area (Å²) in [5.41, 5.74) is 7.37. The average molecular weight is 835 g/mol. The molecule has 49 heavy (non-hydrogen) atoms. The molecule has 0 saturated carbocycles. The topological polar surface area (TPSA) is 63.3 Å². The minimum Gasteiger partial charge on any atom is -0.512 e. The van der Waals surface area contributed by atoms with Crippen LogP contribution in [0.1, 0.15) is 105 Å². The monoisotopic (exact) mass is 835 g/mol. The van der Waals surface area contributed by atoms with Crippen LogP contribution in [-0.4, -0.2) is 15.9 Å². The van der Waals surface area contributed by atoms with Crippen LogP contribution in [0.5, 0.6) is 0 Å². The van der Waals surface area contributed by atoms with Crippen LogP contribution in [0.25, 0.3) is 44.1 Å². The predicted octanol–water partition coefficient (Wildman–Crippen LogP) is 12.2. The number of benzene rings is 3. The van der Waals surface area contributed by atoms with Gasteiger partial charge in [-0.05, 0) is 54.7 Å². The summed E-state index contributed by atoms with van der Waals surface area (Å²) in [5, 5.41) is 13.6. The molecule has 5 heteroatoms. The summed E-state index contributed by atoms with van der Waals surface area (Å²) in [6.45, 7) is 18.9. The van der Waals surface area contributed by atoms with Crippen LogP contribution in [0.15, 0.2) is 83.1 Å². The first-order chi connectivity index (χ1) is 22.8. The molecule has 1 aliphatic rings. The SMILES string of the molecule is CC(C)(C)c1cc(-c2nccc3c4c(oc23)CCc2ccccc2-4)[c-]c2ccccc12.CCC(C)(CC)C(=O)/C=C(\O)C(C)(CC)CC.[Ir]. The average Bonchev–Trinajstić information content (AvgIpc) is 3.49. The summed E-state index contributed by atoms with van der Waals surface area (Å²) in [4.78, 5) is 17.0. The van der Waals surface area contributed by atoms with Gasteiger partial charge in [0.2, 0.25) is 0 Å². The summed E-state index contributed by atoms with van der Waals surface area (Å²) < 4.78 is 6.49. The zero-order valence-corrected chi connectivity index (χ0v) is 33.1. The molecule has 0 fully saturated rings. The van der Waals surface area contributed by atoms with Crippen molar-refractivity contribution in [2.24, 2.45) is 10.8 Å². The van der Waals surface area contributed by atoms with Gasteiger partial charge in [-0.3, -0.25) is 9.78 Å². The molecule has 0 saturated heterocycles. The van der Waals surface area contributed by atoms with Gasteiger partial charge in [0.1, 0.15) is 17.1 Å². The molecule has 1 aliphatic carbocycles. The third-order valence-electron chi connectivity index (χ3n) is 11.0. The van der Waals surface area contributed by atoms with Crippen molar-refractivity contribution in [3.8, 4) is 22.4 Å². The van der Waals surface area contributed by atoms with Gasteiger partial charge < -0.3 is 9.52 Å². The molecule has 0 unspecified atom stereocenters. The zero-order valence-electron chi connectivity index (χ0n) is 30.7. The second-order valence-electron chi connectivity index (χ2n) is 14.9. The Morgan fingerprint density at radius 3 is 2.14 bits per heavy atom. The number of rotatable bonds is 8. The fourth-order valence-electron chi connectivity index (χ4n) is 6.63. The largest absolute Gasteiger partial charge is 0.512 e. The molecule has 0 amide bonds. The van der Waals surface area contributed by atoms with Gasteiger partial charge in [-0.15, -0.1) is 29.1 Å². The van der Waals surface area contributed by atoms with E-state index in [0.717, 1.165) is 71.9 Å². The van der Waals surface area contributed by atoms with Crippen LogP contribution in [-0.2, 0) is 43.2 Å². The number of aliphatic hydroxyl groups is 1. The summed E-state index contributed by atoms with van der Waals surface area (Å²) >= 11 is 0. The number of hydrogen-bond acceptors (Lipinski definition) is 4. The fourth-order valence-corrected chi connectivity index (χ4v) is 6.63. The maximum absolute atomic E-state index is 12.2. The molecular formula is C44H52IrNO3-. The van der Waals surface area contributed by atoms with Gasteiger partial charge >= 0.3 is 0 Å². The Morgan fingerprint density at radius 2 is 1.49 bits per heavy atom. The maximum atomic E-state index is 12.2. The minimum atomic E-state index is -0.337. The first kappa shape index (κ1) is 38.3. The third-order valence-corrected chi connectivity index (χ3v) is 11.0. The zero-order chi connectivity index (χ0) is 34.9. The summed E-state index contributed by atoms with van der Waals surface area (Å²) in [6, 6.07) is 25.1. The van der Waals surface area contributed by atoms with E-state index in [-0.39, 0.29) is 47.9 Å². The van der Waals surface area contributed by atoms with Crippen molar-refractivity contribution in [3.63, 3.8) is 0 Å². The van der Waals surface area contributed by atoms with E-state index in [9.17, 15) is 9.90 Å². The van der Waals surface area contributed by atoms with E-state index in [1.54, 1.807) is 0 Å². The molecule has 1 radical (unpaired) electrons. The number of pyridine rings is 1. The number of nitrogens with zero attached hydrogens (tertiary/aromatic N) is 1. The van der Waals surface area contributed by atoms with Crippen molar-refractivity contribution in [3.05, 3.63) is 102 Å². The van der Waals surface area contributed by atoms with E-state index in [2.05, 4.69) is 87.5 Å². The number of fused-ring (bicyclic) bond motifs is 6. The number of aromatic nitrogens is 1. The van der Waals surface area contributed by atoms with Gasteiger partial charge in [-0.1, -0.05) is 116 Å². The van der Waals surface area contributed by atoms with E-state index < -0.39 is 0 Å². The van der Waals surface area contributed by atoms with Gasteiger partial charge in [0.05, 0.1) is 0 Å². The number of hydrogen-bond donors (Lipinski definition) is 1. The third kappa shape index (κ3) is 7.49. The molecule has 2 heterocycles. The molecule has 2 aromatic heterocycles. The summed E-state index contributed by atoms with van der Waals surface area (Å²) in [7, 11) is 0. The van der Waals surface area contributed by atoms with Crippen LogP contribution in [0.3, 0.4) is 0 Å². The Hall–Kier alpha value is -3.53. The van der Waals surface area contributed by atoms with E-state index in [0.29, 0.717) is 0 Å². The van der Waals surface area contributed by atoms with E-state index in [1.165, 1.54) is 33.7 Å². The van der Waals surface area contributed by atoms with Crippen LogP contribution in [0.2, 0.25) is 0 Å². The number of furan rings is 1. The van der Waals surface area contributed by atoms with Crippen molar-refractivity contribution < 1.29 is 34.4 Å². The van der Waals surface area contributed by atoms with Crippen molar-refractivity contribution in [1.82, 2.24) is 4.98 Å². The Morgan fingerprint density at radius 1 is 0.857 bits per heavy atom. The standard InChI is InChI=1S/C29H24NO.C15H28O2.Ir/c1-29(2,3)24-17-20(16-19-9-5-6-10-21(19)24)27-28-23(14-15-30-27)26-22-11-7-4-8-18(22)12-13-25(26)31-28;1-7-14(5,8-2)12(16)11-13(17)15(6,9-3)10-4;/h4-11,14-15,17H,12-13H2,1-3H3;11,16H,7-10H2,1-6H3;/q-1;;/b;12-11-;. The van der Waals surface area contributed by atoms with Gasteiger partial charge in [0.25, 0.3) is 0 Å². The molecule has 0 aliphatic heterocycles. The van der Waals surface area contributed by atoms with Crippen molar-refractivity contribution in [1.29, 1.82) is 0 Å². The van der Waals surface area contributed by atoms with E-state index >= 15 is 0 Å². The Kier molecular flexibility index (Phi) is 11.8. The summed E-state index contributed by atoms with van der Waals surface area (Å²) in [6.07, 6.45) is 8.60. The molecule has 1 N–H and O–H groups in total. The Labute approximate surface area is 306 Å². The van der Waals surface area contributed by atoms with Crippen LogP contribution in [0.4, 0.5) is 0 Å². The number of carbonyl (C=O) groups excluding carboxylic acids is 1. The normalized spacial score (nSPS) is 13.3. The first-order valence-electron chi connectivity index (χ1n) is 17.7. The summed E-state index contributed by atoms with van der Waals surface area (Å²) in [5.74, 6) is 1.36. The molecule has 0 spiro atoms. The number of carbonyl (C=O) groups is 1. The molecule has 6 rings (SSSR count). The smallest absolute Gasteiger partial charge is 0.164 e. The fraction of sp³-hybridized carbons (Fsp3) is 0.409. The number of aryl methyl sites for hydroxylation is 2. The predicted molar refractivity (Wildman–Crippen MR) is 200 cm³/mol. The molecular weight excluding hydrogens is 783 g/mol. The Bertz CT molecular complexity index is 1970. The molecule has 261 valence electrons. The van der Waals surface area contributed by atoms with Crippen LogP contribution < -0.4 is 0 Å². The van der Waals surface area contributed by atoms with Crippen molar-refractivity contribution in [2.75, 3.05) is 0 Å². The molecule has 5 aromatic rings. The van der Waals surface area contributed by atoms with E-state index in [1.807, 2.05) is 47.7 Å². The first-order valence-corrected chi connectivity index (χ1v) is 17.7. The molecule has 4 nitrogen and oxygen atoms in total. The number of aliphatic hydroxyl groups excluding tert-OH is 1. The van der Waals surface area contributed by atoms with Gasteiger partial charge in [0, 0.05) is 66.3 Å². The van der Waals surface area contributed by atoms with Crippen LogP contribution >= 0.6 is 0 Å². The second-order valence-corrected chi connectivity index (χ2v) is 14.9. The van der Waals surface area contributed by atoms with Crippen LogP contribution in [0, 0.1) is 16.9 Å². The number of ketones is 1. The van der Waals surface area contributed by atoms with Crippen molar-refractivity contribution >= 4 is 27.5 Å². The minimum absolute atomic E-state index is 0. The second kappa shape index (κ2) is 15.2. The Balaban J connectivity index is 0.000000260. The van der Waals surface area contributed by atoms with Gasteiger partial charge in [-0.2, -0.15) is 0 Å². The van der Waals surface area contributed by atoms with Gasteiger partial charge in [0.15, 0.2) is 5.78 Å². The van der Waals surface area contributed by atoms with Crippen molar-refractivity contribution in [2.45, 2.75) is 106 Å². The van der Waals surface area contributed by atoms with E-state index in [4.69, 9.17) is 9.40 Å². The van der Waals surface area contributed by atoms with Gasteiger partial charge in [-0.25, -0.2) is 0 Å². The molecule has 3 aromatic carbocycles. The quantitative estimate of drug-likeness (QED) is 0.0961. The molecule has 0 bridgehead atoms. The number of allylic oxidation sites excluding steroid dienone is 2. The maximum Gasteiger partial charge on any atom is 0.164 e.